The molecule has 0 fully saturated rings. The van der Waals surface area contributed by atoms with Crippen LogP contribution in [0, 0.1) is 5.92 Å². The molecule has 2 aromatic rings. The van der Waals surface area contributed by atoms with Gasteiger partial charge in [-0.2, -0.15) is 0 Å². The fourth-order valence-corrected chi connectivity index (χ4v) is 3.08. The number of amides is 2. The standard InChI is InChI=1S/C23H30N2O2/c1-4-9-21(19-11-6-5-7-12-19)23(27)24-16-18-10-8-13-20(15-18)25-22(26)14-17(2)3/h5-8,10-13,15,17,21H,4,9,14,16H2,1-3H3,(H,24,27)(H,25,26). The minimum atomic E-state index is -0.134. The third-order valence-electron chi connectivity index (χ3n) is 4.37. The van der Waals surface area contributed by atoms with Crippen LogP contribution in [0.5, 0.6) is 0 Å². The molecule has 1 atom stereocenters. The van der Waals surface area contributed by atoms with E-state index in [4.69, 9.17) is 0 Å². The highest BCUT2D eigenvalue weighted by atomic mass is 16.2. The SMILES string of the molecule is CCCC(C(=O)NCc1cccc(NC(=O)CC(C)C)c1)c1ccccc1. The molecule has 0 spiro atoms. The van der Waals surface area contributed by atoms with E-state index in [0.717, 1.165) is 29.7 Å². The molecule has 4 heteroatoms. The van der Waals surface area contributed by atoms with Crippen LogP contribution in [0.2, 0.25) is 0 Å². The summed E-state index contributed by atoms with van der Waals surface area (Å²) in [6.45, 7) is 6.57. The number of carbonyl (C=O) groups is 2. The van der Waals surface area contributed by atoms with Crippen molar-refractivity contribution in [3.05, 3.63) is 65.7 Å². The quantitative estimate of drug-likeness (QED) is 0.665. The van der Waals surface area contributed by atoms with Crippen molar-refractivity contribution in [1.29, 1.82) is 0 Å². The minimum absolute atomic E-state index is 0.0123. The molecule has 27 heavy (non-hydrogen) atoms. The molecule has 4 nitrogen and oxygen atoms in total. The van der Waals surface area contributed by atoms with Gasteiger partial charge >= 0.3 is 0 Å². The van der Waals surface area contributed by atoms with E-state index >= 15 is 0 Å². The lowest BCUT2D eigenvalue weighted by atomic mass is 9.93. The maximum absolute atomic E-state index is 12.7. The third kappa shape index (κ3) is 6.89. The van der Waals surface area contributed by atoms with Crippen LogP contribution in [0.1, 0.15) is 57.1 Å². The molecule has 144 valence electrons. The Bertz CT molecular complexity index is 741. The zero-order chi connectivity index (χ0) is 19.6. The Labute approximate surface area is 162 Å². The Morgan fingerprint density at radius 2 is 1.74 bits per heavy atom. The van der Waals surface area contributed by atoms with Gasteiger partial charge in [0.1, 0.15) is 0 Å². The highest BCUT2D eigenvalue weighted by molar-refractivity contribution is 5.90. The van der Waals surface area contributed by atoms with E-state index in [2.05, 4.69) is 17.6 Å². The summed E-state index contributed by atoms with van der Waals surface area (Å²) in [5.74, 6) is 0.238. The molecule has 0 saturated carbocycles. The molecular weight excluding hydrogens is 336 g/mol. The Kier molecular flexibility index (Phi) is 8.05. The minimum Gasteiger partial charge on any atom is -0.351 e. The van der Waals surface area contributed by atoms with Gasteiger partial charge in [0.2, 0.25) is 11.8 Å². The highest BCUT2D eigenvalue weighted by Gasteiger charge is 2.19. The van der Waals surface area contributed by atoms with E-state index in [0.29, 0.717) is 18.9 Å². The van der Waals surface area contributed by atoms with Gasteiger partial charge in [0.05, 0.1) is 5.92 Å². The molecule has 2 rings (SSSR count). The van der Waals surface area contributed by atoms with Crippen LogP contribution in [0.4, 0.5) is 5.69 Å². The number of hydrogen-bond donors (Lipinski definition) is 2. The number of rotatable bonds is 9. The van der Waals surface area contributed by atoms with Gasteiger partial charge in [-0.1, -0.05) is 69.7 Å². The summed E-state index contributed by atoms with van der Waals surface area (Å²) in [4.78, 5) is 24.6. The first-order valence-electron chi connectivity index (χ1n) is 9.71. The number of benzene rings is 2. The Balaban J connectivity index is 1.97. The lowest BCUT2D eigenvalue weighted by molar-refractivity contribution is -0.123. The lowest BCUT2D eigenvalue weighted by Gasteiger charge is -2.17. The molecule has 0 aromatic heterocycles. The molecule has 2 N–H and O–H groups in total. The monoisotopic (exact) mass is 366 g/mol. The normalized spacial score (nSPS) is 11.9. The van der Waals surface area contributed by atoms with E-state index in [1.165, 1.54) is 0 Å². The molecular formula is C23H30N2O2. The van der Waals surface area contributed by atoms with Gasteiger partial charge in [-0.3, -0.25) is 9.59 Å². The second kappa shape index (κ2) is 10.5. The van der Waals surface area contributed by atoms with E-state index in [9.17, 15) is 9.59 Å². The largest absolute Gasteiger partial charge is 0.351 e. The molecule has 0 aliphatic heterocycles. The predicted octanol–water partition coefficient (Wildman–Crippen LogP) is 4.87. The summed E-state index contributed by atoms with van der Waals surface area (Å²) >= 11 is 0. The van der Waals surface area contributed by atoms with Crippen molar-refractivity contribution in [2.45, 2.75) is 52.5 Å². The van der Waals surface area contributed by atoms with Crippen LogP contribution >= 0.6 is 0 Å². The van der Waals surface area contributed by atoms with Gasteiger partial charge in [0, 0.05) is 18.7 Å². The van der Waals surface area contributed by atoms with Gasteiger partial charge in [0.15, 0.2) is 0 Å². The van der Waals surface area contributed by atoms with E-state index < -0.39 is 0 Å². The van der Waals surface area contributed by atoms with Crippen molar-refractivity contribution in [2.24, 2.45) is 5.92 Å². The van der Waals surface area contributed by atoms with Crippen LogP contribution in [-0.2, 0) is 16.1 Å². The van der Waals surface area contributed by atoms with Gasteiger partial charge in [0.25, 0.3) is 0 Å². The predicted molar refractivity (Wildman–Crippen MR) is 110 cm³/mol. The van der Waals surface area contributed by atoms with Crippen molar-refractivity contribution in [3.8, 4) is 0 Å². The van der Waals surface area contributed by atoms with E-state index in [-0.39, 0.29) is 17.7 Å². The summed E-state index contributed by atoms with van der Waals surface area (Å²) in [5, 5.41) is 5.96. The first kappa shape index (κ1) is 20.7. The second-order valence-corrected chi connectivity index (χ2v) is 7.32. The van der Waals surface area contributed by atoms with Crippen LogP contribution in [-0.4, -0.2) is 11.8 Å². The zero-order valence-electron chi connectivity index (χ0n) is 16.5. The zero-order valence-corrected chi connectivity index (χ0v) is 16.5. The molecule has 2 aromatic carbocycles. The van der Waals surface area contributed by atoms with Crippen LogP contribution in [0.15, 0.2) is 54.6 Å². The van der Waals surface area contributed by atoms with Crippen molar-refractivity contribution >= 4 is 17.5 Å². The fraction of sp³-hybridized carbons (Fsp3) is 0.391. The Hall–Kier alpha value is -2.62. The summed E-state index contributed by atoms with van der Waals surface area (Å²) in [5.41, 5.74) is 2.78. The first-order valence-corrected chi connectivity index (χ1v) is 9.71. The molecule has 0 radical (unpaired) electrons. The van der Waals surface area contributed by atoms with Crippen molar-refractivity contribution in [3.63, 3.8) is 0 Å². The van der Waals surface area contributed by atoms with Crippen molar-refractivity contribution < 1.29 is 9.59 Å². The highest BCUT2D eigenvalue weighted by Crippen LogP contribution is 2.21. The fourth-order valence-electron chi connectivity index (χ4n) is 3.08. The van der Waals surface area contributed by atoms with E-state index in [1.807, 2.05) is 68.4 Å². The summed E-state index contributed by atoms with van der Waals surface area (Å²) in [6.07, 6.45) is 2.27. The maximum Gasteiger partial charge on any atom is 0.227 e. The summed E-state index contributed by atoms with van der Waals surface area (Å²) in [7, 11) is 0. The number of nitrogens with one attached hydrogen (secondary N) is 2. The smallest absolute Gasteiger partial charge is 0.227 e. The Morgan fingerprint density at radius 1 is 1.00 bits per heavy atom. The average molecular weight is 367 g/mol. The molecule has 0 bridgehead atoms. The van der Waals surface area contributed by atoms with Crippen LogP contribution in [0.25, 0.3) is 0 Å². The molecule has 0 aliphatic rings. The molecule has 2 amide bonds. The molecule has 1 unspecified atom stereocenters. The molecule has 0 saturated heterocycles. The molecule has 0 aliphatic carbocycles. The van der Waals surface area contributed by atoms with E-state index in [1.54, 1.807) is 0 Å². The van der Waals surface area contributed by atoms with Gasteiger partial charge in [-0.15, -0.1) is 0 Å². The maximum atomic E-state index is 12.7. The van der Waals surface area contributed by atoms with Crippen molar-refractivity contribution in [1.82, 2.24) is 5.32 Å². The van der Waals surface area contributed by atoms with Crippen molar-refractivity contribution in [2.75, 3.05) is 5.32 Å². The number of carbonyl (C=O) groups excluding carboxylic acids is 2. The Morgan fingerprint density at radius 3 is 2.41 bits per heavy atom. The topological polar surface area (TPSA) is 58.2 Å². The van der Waals surface area contributed by atoms with Crippen LogP contribution < -0.4 is 10.6 Å². The van der Waals surface area contributed by atoms with Gasteiger partial charge in [-0.25, -0.2) is 0 Å². The third-order valence-corrected chi connectivity index (χ3v) is 4.37. The lowest BCUT2D eigenvalue weighted by Crippen LogP contribution is -2.29. The molecule has 0 heterocycles. The summed E-state index contributed by atoms with van der Waals surface area (Å²) < 4.78 is 0. The van der Waals surface area contributed by atoms with Gasteiger partial charge < -0.3 is 10.6 Å². The van der Waals surface area contributed by atoms with Gasteiger partial charge in [-0.05, 0) is 35.6 Å². The summed E-state index contributed by atoms with van der Waals surface area (Å²) in [6, 6.07) is 17.5. The number of anilines is 1. The average Bonchev–Trinajstić information content (AvgIpc) is 2.64. The first-order chi connectivity index (χ1) is 13.0. The van der Waals surface area contributed by atoms with Crippen LogP contribution in [0.3, 0.4) is 0 Å². The second-order valence-electron chi connectivity index (χ2n) is 7.32. The number of hydrogen-bond acceptors (Lipinski definition) is 2.